The number of hydrogen-bond acceptors (Lipinski definition) is 12. The monoisotopic (exact) mass is 782 g/mol. The molecule has 0 heterocycles. The summed E-state index contributed by atoms with van der Waals surface area (Å²) < 4.78 is 32.1. The van der Waals surface area contributed by atoms with Crippen LogP contribution in [0.5, 0.6) is 0 Å². The smallest absolute Gasteiger partial charge is 0.330 e. The zero-order valence-corrected chi connectivity index (χ0v) is 33.2. The van der Waals surface area contributed by atoms with Crippen molar-refractivity contribution in [2.45, 2.75) is 116 Å². The van der Waals surface area contributed by atoms with Crippen LogP contribution in [-0.4, -0.2) is 62.2 Å². The van der Waals surface area contributed by atoms with E-state index in [1.165, 1.54) is 6.08 Å². The van der Waals surface area contributed by atoms with E-state index >= 15 is 0 Å². The van der Waals surface area contributed by atoms with Gasteiger partial charge >= 0.3 is 35.8 Å². The Hall–Kier alpha value is -4.48. The second-order valence-corrected chi connectivity index (χ2v) is 14.9. The molecule has 3 aliphatic carbocycles. The second kappa shape index (κ2) is 25.6. The summed E-state index contributed by atoms with van der Waals surface area (Å²) in [6.45, 7) is 13.5. The van der Waals surface area contributed by atoms with Gasteiger partial charge in [0.15, 0.2) is 0 Å². The van der Waals surface area contributed by atoms with Crippen LogP contribution >= 0.6 is 0 Å². The minimum atomic E-state index is -0.477. The van der Waals surface area contributed by atoms with Gasteiger partial charge in [0.25, 0.3) is 0 Å². The predicted octanol–water partition coefficient (Wildman–Crippen LogP) is 7.96. The van der Waals surface area contributed by atoms with Gasteiger partial charge in [-0.3, -0.25) is 19.2 Å². The van der Waals surface area contributed by atoms with Gasteiger partial charge in [-0.2, -0.15) is 0 Å². The third-order valence-electron chi connectivity index (χ3n) is 11.1. The van der Waals surface area contributed by atoms with Crippen LogP contribution < -0.4 is 0 Å². The maximum atomic E-state index is 13.1. The van der Waals surface area contributed by atoms with Crippen LogP contribution in [0.1, 0.15) is 116 Å². The Kier molecular flexibility index (Phi) is 21.0. The van der Waals surface area contributed by atoms with Gasteiger partial charge in [-0.25, -0.2) is 9.59 Å². The van der Waals surface area contributed by atoms with E-state index in [0.717, 1.165) is 63.5 Å². The standard InChI is InChI=1S/C44H62O12/c1-5-37(25-26-38(6-2)56-44(50)36-23-21-34(22-24-36)42(48)54-30-12-10-28-52-40(46)8-4)55-43(49)35-19-15-32(16-20-35)31-13-17-33(18-14-31)41(47)53-29-11-9-27-51-39(45)7-3/h5,7-8,25-26,31-36H,1,3-4,6,9-24,27-30H2,2H3/b37-25+,38-26+. The summed E-state index contributed by atoms with van der Waals surface area (Å²) in [7, 11) is 0. The van der Waals surface area contributed by atoms with Gasteiger partial charge in [-0.15, -0.1) is 0 Å². The molecule has 12 heteroatoms. The third kappa shape index (κ3) is 16.3. The molecule has 12 nitrogen and oxygen atoms in total. The van der Waals surface area contributed by atoms with Gasteiger partial charge in [-0.05, 0) is 133 Å². The first-order valence-corrected chi connectivity index (χ1v) is 20.5. The number of allylic oxidation sites excluding steroid dienone is 4. The highest BCUT2D eigenvalue weighted by molar-refractivity contribution is 5.81. The van der Waals surface area contributed by atoms with Crippen molar-refractivity contribution in [3.8, 4) is 0 Å². The fourth-order valence-electron chi connectivity index (χ4n) is 7.63. The Morgan fingerprint density at radius 3 is 1.20 bits per heavy atom. The van der Waals surface area contributed by atoms with E-state index in [9.17, 15) is 28.8 Å². The van der Waals surface area contributed by atoms with Crippen molar-refractivity contribution in [2.24, 2.45) is 35.5 Å². The SMILES string of the molecule is C=CC(=O)OCCCCOC(=O)C1CCC(C(=O)O/C(=C/C=C(\C=C)OC(=O)C2CCC(C3CCC(C(=O)OCCCCOC(=O)C=C)CC3)CC2)CC)CC1. The lowest BCUT2D eigenvalue weighted by Gasteiger charge is -2.36. The van der Waals surface area contributed by atoms with Crippen LogP contribution in [-0.2, 0) is 57.2 Å². The molecular weight excluding hydrogens is 720 g/mol. The number of ether oxygens (including phenoxy) is 6. The fraction of sp³-hybridized carbons (Fsp3) is 0.636. The zero-order chi connectivity index (χ0) is 40.7. The first-order chi connectivity index (χ1) is 27.1. The van der Waals surface area contributed by atoms with Crippen LogP contribution in [0.25, 0.3) is 0 Å². The summed E-state index contributed by atoms with van der Waals surface area (Å²) in [4.78, 5) is 73.3. The lowest BCUT2D eigenvalue weighted by atomic mass is 9.69. The summed E-state index contributed by atoms with van der Waals surface area (Å²) in [5.74, 6) is -1.02. The van der Waals surface area contributed by atoms with Crippen molar-refractivity contribution >= 4 is 35.8 Å². The Morgan fingerprint density at radius 1 is 0.464 bits per heavy atom. The summed E-state index contributed by atoms with van der Waals surface area (Å²) in [6.07, 6.45) is 18.9. The summed E-state index contributed by atoms with van der Waals surface area (Å²) in [6, 6.07) is 0. The van der Waals surface area contributed by atoms with Crippen molar-refractivity contribution in [1.82, 2.24) is 0 Å². The van der Waals surface area contributed by atoms with E-state index in [4.69, 9.17) is 28.4 Å². The van der Waals surface area contributed by atoms with E-state index < -0.39 is 11.9 Å². The van der Waals surface area contributed by atoms with Crippen LogP contribution in [0, 0.1) is 35.5 Å². The summed E-state index contributed by atoms with van der Waals surface area (Å²) in [5, 5.41) is 0. The minimum absolute atomic E-state index is 0.0736. The van der Waals surface area contributed by atoms with Crippen molar-refractivity contribution < 1.29 is 57.2 Å². The normalized spacial score (nSPS) is 24.1. The molecular formula is C44H62O12. The highest BCUT2D eigenvalue weighted by Gasteiger charge is 2.36. The van der Waals surface area contributed by atoms with Crippen LogP contribution in [0.3, 0.4) is 0 Å². The molecule has 56 heavy (non-hydrogen) atoms. The van der Waals surface area contributed by atoms with Gasteiger partial charge in [0.05, 0.1) is 50.1 Å². The Morgan fingerprint density at radius 2 is 0.821 bits per heavy atom. The molecule has 0 aromatic heterocycles. The molecule has 3 saturated carbocycles. The molecule has 3 fully saturated rings. The molecule has 0 unspecified atom stereocenters. The second-order valence-electron chi connectivity index (χ2n) is 14.9. The Labute approximate surface area is 332 Å². The molecule has 0 N–H and O–H groups in total. The molecule has 310 valence electrons. The highest BCUT2D eigenvalue weighted by atomic mass is 16.6. The maximum Gasteiger partial charge on any atom is 0.330 e. The van der Waals surface area contributed by atoms with Gasteiger partial charge < -0.3 is 28.4 Å². The molecule has 3 aliphatic rings. The summed E-state index contributed by atoms with van der Waals surface area (Å²) in [5.41, 5.74) is 0. The molecule has 0 spiro atoms. The molecule has 0 amide bonds. The molecule has 3 rings (SSSR count). The Bertz CT molecular complexity index is 1400. The highest BCUT2D eigenvalue weighted by Crippen LogP contribution is 2.42. The van der Waals surface area contributed by atoms with Gasteiger partial charge in [0.2, 0.25) is 0 Å². The van der Waals surface area contributed by atoms with Crippen molar-refractivity contribution in [1.29, 1.82) is 0 Å². The van der Waals surface area contributed by atoms with Crippen LogP contribution in [0.4, 0.5) is 0 Å². The topological polar surface area (TPSA) is 158 Å². The van der Waals surface area contributed by atoms with E-state index in [0.29, 0.717) is 82.0 Å². The molecule has 0 bridgehead atoms. The largest absolute Gasteiger partial charge is 0.465 e. The van der Waals surface area contributed by atoms with Crippen molar-refractivity contribution in [3.05, 3.63) is 61.6 Å². The average molecular weight is 783 g/mol. The molecule has 0 aromatic carbocycles. The predicted molar refractivity (Wildman–Crippen MR) is 208 cm³/mol. The van der Waals surface area contributed by atoms with Gasteiger partial charge in [-0.1, -0.05) is 26.7 Å². The lowest BCUT2D eigenvalue weighted by Crippen LogP contribution is -2.31. The maximum absolute atomic E-state index is 13.1. The first-order valence-electron chi connectivity index (χ1n) is 20.5. The van der Waals surface area contributed by atoms with E-state index in [1.54, 1.807) is 12.2 Å². The van der Waals surface area contributed by atoms with Crippen LogP contribution in [0.2, 0.25) is 0 Å². The number of esters is 6. The minimum Gasteiger partial charge on any atom is -0.465 e. The first kappa shape index (κ1) is 45.9. The average Bonchev–Trinajstić information content (AvgIpc) is 3.23. The number of carbonyl (C=O) groups excluding carboxylic acids is 6. The number of carbonyl (C=O) groups is 6. The van der Waals surface area contributed by atoms with Gasteiger partial charge in [0, 0.05) is 18.6 Å². The van der Waals surface area contributed by atoms with Crippen molar-refractivity contribution in [2.75, 3.05) is 26.4 Å². The molecule has 0 atom stereocenters. The molecule has 0 aliphatic heterocycles. The van der Waals surface area contributed by atoms with Crippen molar-refractivity contribution in [3.63, 3.8) is 0 Å². The quantitative estimate of drug-likeness (QED) is 0.0261. The number of hydrogen-bond donors (Lipinski definition) is 0. The van der Waals surface area contributed by atoms with E-state index in [2.05, 4.69) is 19.7 Å². The molecule has 0 radical (unpaired) electrons. The van der Waals surface area contributed by atoms with Crippen LogP contribution in [0.15, 0.2) is 61.6 Å². The van der Waals surface area contributed by atoms with Gasteiger partial charge in [0.1, 0.15) is 11.5 Å². The fourth-order valence-corrected chi connectivity index (χ4v) is 7.63. The Balaban J connectivity index is 1.33. The molecule has 0 saturated heterocycles. The zero-order valence-electron chi connectivity index (χ0n) is 33.2. The molecule has 0 aromatic rings. The van der Waals surface area contributed by atoms with E-state index in [1.807, 2.05) is 6.92 Å². The number of unbranched alkanes of at least 4 members (excludes halogenated alkanes) is 2. The summed E-state index contributed by atoms with van der Waals surface area (Å²) >= 11 is 0. The van der Waals surface area contributed by atoms with E-state index in [-0.39, 0.29) is 73.1 Å². The third-order valence-corrected chi connectivity index (χ3v) is 11.1. The lowest BCUT2D eigenvalue weighted by molar-refractivity contribution is -0.153. The number of rotatable bonds is 22.